The summed E-state index contributed by atoms with van der Waals surface area (Å²) in [5.74, 6) is 0. The van der Waals surface area contributed by atoms with Crippen LogP contribution in [0.5, 0.6) is 0 Å². The molecular weight excluding hydrogens is 216 g/mol. The van der Waals surface area contributed by atoms with Crippen molar-refractivity contribution in [3.8, 4) is 17.5 Å². The lowest BCUT2D eigenvalue weighted by Gasteiger charge is -2.02. The highest BCUT2D eigenvalue weighted by molar-refractivity contribution is 5.56. The zero-order valence-electron chi connectivity index (χ0n) is 9.07. The lowest BCUT2D eigenvalue weighted by molar-refractivity contribution is 0.884. The van der Waals surface area contributed by atoms with Gasteiger partial charge in [0.25, 0.3) is 0 Å². The maximum absolute atomic E-state index is 8.93. The third-order valence-corrected chi connectivity index (χ3v) is 2.56. The standard InChI is InChI=1S/C11H8N6/c1-16-7-13-6-10(16)9-2-3-11-14-5-8(4-12)17(11)15-9/h2-3,5-7H,1H3. The molecule has 3 aromatic heterocycles. The first kappa shape index (κ1) is 9.54. The highest BCUT2D eigenvalue weighted by Gasteiger charge is 2.08. The van der Waals surface area contributed by atoms with Gasteiger partial charge in [0.1, 0.15) is 11.8 Å². The maximum Gasteiger partial charge on any atom is 0.162 e. The molecule has 0 atom stereocenters. The molecule has 0 fully saturated rings. The van der Waals surface area contributed by atoms with Gasteiger partial charge >= 0.3 is 0 Å². The summed E-state index contributed by atoms with van der Waals surface area (Å²) < 4.78 is 3.40. The van der Waals surface area contributed by atoms with E-state index in [4.69, 9.17) is 5.26 Å². The topological polar surface area (TPSA) is 71.8 Å². The van der Waals surface area contributed by atoms with E-state index in [1.54, 1.807) is 12.5 Å². The molecule has 3 rings (SSSR count). The molecular formula is C11H8N6. The van der Waals surface area contributed by atoms with Crippen LogP contribution in [-0.2, 0) is 7.05 Å². The molecule has 0 saturated heterocycles. The smallest absolute Gasteiger partial charge is 0.162 e. The molecule has 0 spiro atoms. The van der Waals surface area contributed by atoms with Crippen molar-refractivity contribution in [2.24, 2.45) is 7.05 Å². The molecule has 0 N–H and O–H groups in total. The minimum Gasteiger partial charge on any atom is -0.332 e. The molecule has 17 heavy (non-hydrogen) atoms. The van der Waals surface area contributed by atoms with Crippen LogP contribution in [0.25, 0.3) is 17.0 Å². The van der Waals surface area contributed by atoms with E-state index >= 15 is 0 Å². The molecule has 82 valence electrons. The summed E-state index contributed by atoms with van der Waals surface area (Å²) in [5.41, 5.74) is 2.73. The highest BCUT2D eigenvalue weighted by atomic mass is 15.3. The van der Waals surface area contributed by atoms with Gasteiger partial charge in [0.2, 0.25) is 0 Å². The second-order valence-electron chi connectivity index (χ2n) is 3.63. The van der Waals surface area contributed by atoms with Crippen molar-refractivity contribution in [3.63, 3.8) is 0 Å². The number of aromatic nitrogens is 5. The van der Waals surface area contributed by atoms with E-state index in [0.29, 0.717) is 11.3 Å². The third-order valence-electron chi connectivity index (χ3n) is 2.56. The summed E-state index contributed by atoms with van der Waals surface area (Å²) in [6, 6.07) is 5.74. The number of hydrogen-bond donors (Lipinski definition) is 0. The van der Waals surface area contributed by atoms with Crippen LogP contribution in [0.2, 0.25) is 0 Å². The minimum atomic E-state index is 0.420. The van der Waals surface area contributed by atoms with Crippen LogP contribution >= 0.6 is 0 Å². The summed E-state index contributed by atoms with van der Waals surface area (Å²) in [6.45, 7) is 0. The highest BCUT2D eigenvalue weighted by Crippen LogP contribution is 2.16. The average Bonchev–Trinajstić information content (AvgIpc) is 2.93. The van der Waals surface area contributed by atoms with Crippen molar-refractivity contribution in [2.75, 3.05) is 0 Å². The second-order valence-corrected chi connectivity index (χ2v) is 3.63. The minimum absolute atomic E-state index is 0.420. The van der Waals surface area contributed by atoms with E-state index in [0.717, 1.165) is 11.4 Å². The Kier molecular flexibility index (Phi) is 1.92. The first-order valence-corrected chi connectivity index (χ1v) is 5.01. The zero-order valence-corrected chi connectivity index (χ0v) is 9.07. The van der Waals surface area contributed by atoms with Gasteiger partial charge in [-0.15, -0.1) is 0 Å². The molecule has 3 aromatic rings. The zero-order chi connectivity index (χ0) is 11.8. The largest absolute Gasteiger partial charge is 0.332 e. The van der Waals surface area contributed by atoms with Gasteiger partial charge in [-0.3, -0.25) is 0 Å². The van der Waals surface area contributed by atoms with Crippen LogP contribution in [0.3, 0.4) is 0 Å². The number of imidazole rings is 2. The van der Waals surface area contributed by atoms with E-state index in [9.17, 15) is 0 Å². The number of nitrogens with zero attached hydrogens (tertiary/aromatic N) is 6. The molecule has 0 aliphatic rings. The lowest BCUT2D eigenvalue weighted by atomic mass is 10.3. The van der Waals surface area contributed by atoms with E-state index in [1.807, 2.05) is 23.7 Å². The molecule has 3 heterocycles. The summed E-state index contributed by atoms with van der Waals surface area (Å²) in [4.78, 5) is 8.13. The van der Waals surface area contributed by atoms with Crippen LogP contribution in [-0.4, -0.2) is 24.1 Å². The van der Waals surface area contributed by atoms with E-state index in [2.05, 4.69) is 21.1 Å². The molecule has 0 unspecified atom stereocenters. The fraction of sp³-hybridized carbons (Fsp3) is 0.0909. The Bertz CT molecular complexity index is 730. The Morgan fingerprint density at radius 1 is 1.29 bits per heavy atom. The number of fused-ring (bicyclic) bond motifs is 1. The quantitative estimate of drug-likeness (QED) is 0.618. The molecule has 6 heteroatoms. The Hall–Kier alpha value is -2.68. The van der Waals surface area contributed by atoms with Gasteiger partial charge < -0.3 is 4.57 Å². The van der Waals surface area contributed by atoms with Gasteiger partial charge in [0, 0.05) is 7.05 Å². The van der Waals surface area contributed by atoms with Crippen LogP contribution in [0.4, 0.5) is 0 Å². The van der Waals surface area contributed by atoms with Crippen molar-refractivity contribution in [1.82, 2.24) is 24.1 Å². The normalized spacial score (nSPS) is 10.6. The van der Waals surface area contributed by atoms with E-state index < -0.39 is 0 Å². The van der Waals surface area contributed by atoms with E-state index in [1.165, 1.54) is 10.7 Å². The summed E-state index contributed by atoms with van der Waals surface area (Å²) in [6.07, 6.45) is 4.95. The van der Waals surface area contributed by atoms with Gasteiger partial charge in [-0.2, -0.15) is 10.4 Å². The number of rotatable bonds is 1. The fourth-order valence-electron chi connectivity index (χ4n) is 1.69. The third kappa shape index (κ3) is 1.37. The average molecular weight is 224 g/mol. The molecule has 0 saturated carbocycles. The van der Waals surface area contributed by atoms with E-state index in [-0.39, 0.29) is 0 Å². The van der Waals surface area contributed by atoms with Crippen LogP contribution in [0, 0.1) is 11.3 Å². The van der Waals surface area contributed by atoms with Crippen molar-refractivity contribution < 1.29 is 0 Å². The molecule has 0 aliphatic carbocycles. The van der Waals surface area contributed by atoms with Crippen LogP contribution in [0.15, 0.2) is 30.9 Å². The molecule has 0 aliphatic heterocycles. The molecule has 6 nitrogen and oxygen atoms in total. The maximum atomic E-state index is 8.93. The fourth-order valence-corrected chi connectivity index (χ4v) is 1.69. The Labute approximate surface area is 96.8 Å². The first-order chi connectivity index (χ1) is 8.29. The number of hydrogen-bond acceptors (Lipinski definition) is 4. The predicted molar refractivity (Wildman–Crippen MR) is 59.9 cm³/mol. The lowest BCUT2D eigenvalue weighted by Crippen LogP contribution is -1.99. The molecule has 0 bridgehead atoms. The number of aryl methyl sites for hydroxylation is 1. The summed E-state index contributed by atoms with van der Waals surface area (Å²) >= 11 is 0. The van der Waals surface area contributed by atoms with Crippen molar-refractivity contribution in [1.29, 1.82) is 5.26 Å². The first-order valence-electron chi connectivity index (χ1n) is 5.01. The molecule has 0 radical (unpaired) electrons. The van der Waals surface area contributed by atoms with Crippen LogP contribution in [0.1, 0.15) is 5.69 Å². The second kappa shape index (κ2) is 3.42. The van der Waals surface area contributed by atoms with Gasteiger partial charge in [-0.05, 0) is 12.1 Å². The van der Waals surface area contributed by atoms with Crippen LogP contribution < -0.4 is 0 Å². The molecule has 0 amide bonds. The van der Waals surface area contributed by atoms with Crippen molar-refractivity contribution >= 4 is 5.65 Å². The van der Waals surface area contributed by atoms with Crippen molar-refractivity contribution in [2.45, 2.75) is 0 Å². The van der Waals surface area contributed by atoms with Crippen molar-refractivity contribution in [3.05, 3.63) is 36.5 Å². The Morgan fingerprint density at radius 3 is 2.88 bits per heavy atom. The Morgan fingerprint density at radius 2 is 2.18 bits per heavy atom. The predicted octanol–water partition coefficient (Wildman–Crippen LogP) is 1.00. The summed E-state index contributed by atoms with van der Waals surface area (Å²) in [5, 5.41) is 13.3. The summed E-state index contributed by atoms with van der Waals surface area (Å²) in [7, 11) is 1.90. The SMILES string of the molecule is Cn1cncc1-c1ccc2ncc(C#N)n2n1. The van der Waals surface area contributed by atoms with Gasteiger partial charge in [-0.1, -0.05) is 0 Å². The molecule has 0 aromatic carbocycles. The Balaban J connectivity index is 2.26. The van der Waals surface area contributed by atoms with Gasteiger partial charge in [0.05, 0.1) is 24.4 Å². The van der Waals surface area contributed by atoms with Gasteiger partial charge in [0.15, 0.2) is 11.3 Å². The van der Waals surface area contributed by atoms with Gasteiger partial charge in [-0.25, -0.2) is 14.5 Å². The monoisotopic (exact) mass is 224 g/mol. The number of nitriles is 1.